The zero-order valence-corrected chi connectivity index (χ0v) is 21.3. The Kier molecular flexibility index (Phi) is 8.59. The molecule has 1 aliphatic heterocycles. The molecule has 2 amide bonds. The maximum Gasteiger partial charge on any atom is 0.323 e. The smallest absolute Gasteiger partial charge is 0.323 e. The zero-order valence-electron chi connectivity index (χ0n) is 20.5. The van der Waals surface area contributed by atoms with Gasteiger partial charge in [-0.05, 0) is 43.4 Å². The highest BCUT2D eigenvalue weighted by Gasteiger charge is 2.37. The molecule has 2 N–H and O–H groups in total. The first-order valence-corrected chi connectivity index (χ1v) is 14.1. The van der Waals surface area contributed by atoms with E-state index in [0.717, 1.165) is 42.6 Å². The number of nitrogens with one attached hydrogen (secondary N) is 2. The fraction of sp³-hybridized carbons (Fsp3) is 0.520. The standard InChI is InChI=1S/C25H32N4O7S/c30-21-17-28(37(34,35)23-12-4-5-14-29(23)33)13-6-10-19(21)26-24(31)20(16-18-8-2-1-3-9-18)27-25(32)22-11-7-15-36-22/h4-5,7,11-12,14-15,18-20H,1-3,6,8-10,13,16-17H2,(H,26,31)(H,27,32)/t19?,20-/m0/s1. The van der Waals surface area contributed by atoms with Gasteiger partial charge < -0.3 is 20.3 Å². The molecule has 0 spiro atoms. The summed E-state index contributed by atoms with van der Waals surface area (Å²) in [6.07, 6.45) is 8.68. The molecule has 4 rings (SSSR count). The second-order valence-corrected chi connectivity index (χ2v) is 11.5. The summed E-state index contributed by atoms with van der Waals surface area (Å²) in [4.78, 5) is 39.0. The maximum absolute atomic E-state index is 13.3. The average molecular weight is 533 g/mol. The molecular weight excluding hydrogens is 500 g/mol. The summed E-state index contributed by atoms with van der Waals surface area (Å²) < 4.78 is 32.4. The van der Waals surface area contributed by atoms with Crippen LogP contribution in [0.1, 0.15) is 61.9 Å². The third kappa shape index (κ3) is 6.55. The van der Waals surface area contributed by atoms with E-state index >= 15 is 0 Å². The van der Waals surface area contributed by atoms with Crippen molar-refractivity contribution >= 4 is 27.6 Å². The van der Waals surface area contributed by atoms with Crippen LogP contribution in [0.4, 0.5) is 0 Å². The molecular formula is C25H32N4O7S. The molecule has 0 radical (unpaired) electrons. The van der Waals surface area contributed by atoms with Gasteiger partial charge in [0.1, 0.15) is 6.04 Å². The van der Waals surface area contributed by atoms with Crippen molar-refractivity contribution in [2.24, 2.45) is 5.92 Å². The lowest BCUT2D eigenvalue weighted by molar-refractivity contribution is -0.646. The Labute approximate surface area is 215 Å². The van der Waals surface area contributed by atoms with Crippen molar-refractivity contribution in [3.8, 4) is 0 Å². The molecule has 2 aromatic rings. The molecule has 12 heteroatoms. The first-order chi connectivity index (χ1) is 17.8. The van der Waals surface area contributed by atoms with Gasteiger partial charge in [-0.2, -0.15) is 9.04 Å². The van der Waals surface area contributed by atoms with Crippen LogP contribution in [-0.4, -0.2) is 55.5 Å². The van der Waals surface area contributed by atoms with E-state index in [-0.39, 0.29) is 29.4 Å². The van der Waals surface area contributed by atoms with E-state index < -0.39 is 51.3 Å². The van der Waals surface area contributed by atoms with Gasteiger partial charge in [-0.25, -0.2) is 8.42 Å². The second kappa shape index (κ2) is 11.9. The normalized spacial score (nSPS) is 20.6. The number of nitrogens with zero attached hydrogens (tertiary/aromatic N) is 2. The Morgan fingerprint density at radius 1 is 1.11 bits per heavy atom. The first kappa shape index (κ1) is 26.8. The highest BCUT2D eigenvalue weighted by atomic mass is 32.2. The minimum absolute atomic E-state index is 0.0378. The van der Waals surface area contributed by atoms with E-state index in [9.17, 15) is 28.0 Å². The van der Waals surface area contributed by atoms with Crippen LogP contribution in [0.25, 0.3) is 0 Å². The van der Waals surface area contributed by atoms with Crippen LogP contribution in [0.2, 0.25) is 0 Å². The lowest BCUT2D eigenvalue weighted by Gasteiger charge is -2.27. The Hall–Kier alpha value is -3.25. The summed E-state index contributed by atoms with van der Waals surface area (Å²) in [7, 11) is -4.19. The number of rotatable bonds is 8. The lowest BCUT2D eigenvalue weighted by Crippen LogP contribution is -2.53. The molecule has 3 heterocycles. The van der Waals surface area contributed by atoms with Crippen molar-refractivity contribution in [1.29, 1.82) is 0 Å². The number of furan rings is 1. The molecule has 1 unspecified atom stereocenters. The van der Waals surface area contributed by atoms with Crippen molar-refractivity contribution in [2.75, 3.05) is 13.1 Å². The summed E-state index contributed by atoms with van der Waals surface area (Å²) in [5.74, 6) is -1.11. The van der Waals surface area contributed by atoms with Crippen LogP contribution in [0.5, 0.6) is 0 Å². The van der Waals surface area contributed by atoms with Crippen molar-refractivity contribution in [1.82, 2.24) is 14.9 Å². The number of hydrogen-bond acceptors (Lipinski definition) is 7. The van der Waals surface area contributed by atoms with Gasteiger partial charge in [0.05, 0.1) is 18.8 Å². The van der Waals surface area contributed by atoms with Crippen LogP contribution in [0, 0.1) is 11.1 Å². The average Bonchev–Trinajstić information content (AvgIpc) is 3.36. The van der Waals surface area contributed by atoms with Gasteiger partial charge >= 0.3 is 15.0 Å². The van der Waals surface area contributed by atoms with Crippen molar-refractivity contribution < 1.29 is 31.9 Å². The van der Waals surface area contributed by atoms with Crippen molar-refractivity contribution in [3.63, 3.8) is 0 Å². The number of ketones is 1. The van der Waals surface area contributed by atoms with Crippen LogP contribution < -0.4 is 15.4 Å². The highest BCUT2D eigenvalue weighted by molar-refractivity contribution is 7.89. The van der Waals surface area contributed by atoms with Crippen LogP contribution in [0.15, 0.2) is 52.2 Å². The number of hydrogen-bond donors (Lipinski definition) is 2. The molecule has 37 heavy (non-hydrogen) atoms. The van der Waals surface area contributed by atoms with Gasteiger partial charge in [-0.1, -0.05) is 32.1 Å². The fourth-order valence-electron chi connectivity index (χ4n) is 5.00. The molecule has 2 aromatic heterocycles. The quantitative estimate of drug-likeness (QED) is 0.386. The van der Waals surface area contributed by atoms with Crippen LogP contribution in [-0.2, 0) is 19.6 Å². The third-order valence-electron chi connectivity index (χ3n) is 6.99. The third-order valence-corrected chi connectivity index (χ3v) is 8.83. The maximum atomic E-state index is 13.3. The molecule has 0 bridgehead atoms. The molecule has 1 aliphatic carbocycles. The van der Waals surface area contributed by atoms with Gasteiger partial charge in [-0.3, -0.25) is 14.4 Å². The largest absolute Gasteiger partial charge is 0.618 e. The molecule has 1 saturated carbocycles. The number of carbonyl (C=O) groups excluding carboxylic acids is 3. The number of aromatic nitrogens is 1. The van der Waals surface area contributed by atoms with E-state index in [1.54, 1.807) is 6.07 Å². The molecule has 2 aliphatic rings. The molecule has 2 fully saturated rings. The monoisotopic (exact) mass is 532 g/mol. The van der Waals surface area contributed by atoms with Gasteiger partial charge in [0.15, 0.2) is 17.7 Å². The Balaban J connectivity index is 1.44. The van der Waals surface area contributed by atoms with Gasteiger partial charge in [0, 0.05) is 18.7 Å². The van der Waals surface area contributed by atoms with Crippen LogP contribution >= 0.6 is 0 Å². The van der Waals surface area contributed by atoms with E-state index in [4.69, 9.17) is 4.42 Å². The highest BCUT2D eigenvalue weighted by Crippen LogP contribution is 2.27. The summed E-state index contributed by atoms with van der Waals surface area (Å²) in [6, 6.07) is 5.37. The van der Waals surface area contributed by atoms with Crippen molar-refractivity contribution in [2.45, 2.75) is 68.5 Å². The number of carbonyl (C=O) groups is 3. The fourth-order valence-corrected chi connectivity index (χ4v) is 6.47. The number of pyridine rings is 1. The van der Waals surface area contributed by atoms with E-state index in [2.05, 4.69) is 10.6 Å². The molecule has 11 nitrogen and oxygen atoms in total. The molecule has 200 valence electrons. The Bertz CT molecular complexity index is 1210. The summed E-state index contributed by atoms with van der Waals surface area (Å²) >= 11 is 0. The van der Waals surface area contributed by atoms with Crippen molar-refractivity contribution in [3.05, 3.63) is 53.8 Å². The van der Waals surface area contributed by atoms with E-state index in [0.29, 0.717) is 12.8 Å². The number of amides is 2. The lowest BCUT2D eigenvalue weighted by atomic mass is 9.84. The predicted octanol–water partition coefficient (Wildman–Crippen LogP) is 1.52. The predicted molar refractivity (Wildman–Crippen MR) is 131 cm³/mol. The summed E-state index contributed by atoms with van der Waals surface area (Å²) in [5, 5.41) is 17.1. The summed E-state index contributed by atoms with van der Waals surface area (Å²) in [6.45, 7) is -0.426. The minimum Gasteiger partial charge on any atom is -0.618 e. The minimum atomic E-state index is -4.19. The molecule has 0 aromatic carbocycles. The number of sulfonamides is 1. The molecule has 2 atom stereocenters. The van der Waals surface area contributed by atoms with Gasteiger partial charge in [-0.15, -0.1) is 0 Å². The zero-order chi connectivity index (χ0) is 26.4. The van der Waals surface area contributed by atoms with E-state index in [1.807, 2.05) is 0 Å². The molecule has 1 saturated heterocycles. The summed E-state index contributed by atoms with van der Waals surface area (Å²) in [5.41, 5.74) is 0. The van der Waals surface area contributed by atoms with Gasteiger partial charge in [0.25, 0.3) is 5.91 Å². The second-order valence-electron chi connectivity index (χ2n) is 9.62. The SMILES string of the molecule is O=C(N[C@@H](CC1CCCCC1)C(=O)NC1CCCN(S(=O)(=O)c2cccc[n+]2[O-])CC1=O)c1ccco1. The van der Waals surface area contributed by atoms with E-state index in [1.165, 1.54) is 30.5 Å². The van der Waals surface area contributed by atoms with Gasteiger partial charge in [0.2, 0.25) is 5.91 Å². The first-order valence-electron chi connectivity index (χ1n) is 12.6. The Morgan fingerprint density at radius 2 is 1.89 bits per heavy atom. The number of Topliss-reactive ketones (excluding diaryl/α,β-unsaturated/α-hetero) is 1. The van der Waals surface area contributed by atoms with Crippen LogP contribution in [0.3, 0.4) is 0 Å². The topological polar surface area (TPSA) is 153 Å². The Morgan fingerprint density at radius 3 is 2.59 bits per heavy atom.